The van der Waals surface area contributed by atoms with Crippen molar-refractivity contribution in [1.29, 1.82) is 0 Å². The molecule has 1 heterocycles. The zero-order chi connectivity index (χ0) is 17.7. The van der Waals surface area contributed by atoms with Gasteiger partial charge in [0.25, 0.3) is 0 Å². The van der Waals surface area contributed by atoms with E-state index in [4.69, 9.17) is 23.7 Å². The van der Waals surface area contributed by atoms with Crippen molar-refractivity contribution in [3.05, 3.63) is 27.8 Å². The lowest BCUT2D eigenvalue weighted by atomic mass is 9.92. The maximum absolute atomic E-state index is 11.1. The first-order valence-electron chi connectivity index (χ1n) is 7.71. The first-order chi connectivity index (χ1) is 11.5. The molecule has 24 heavy (non-hydrogen) atoms. The lowest BCUT2D eigenvalue weighted by molar-refractivity contribution is -0.484. The quantitative estimate of drug-likeness (QED) is 0.504. The fraction of sp³-hybridized carbons (Fsp3) is 0.625. The standard InChI is InChI=1S/C16H23NO7/c1-10-23-14(24-10)8-5-11(9-17(18)19)12-6-7-13(20-2)16(22-4)15(12)21-3/h6-7,10-11,14H,5,8-9H2,1-4H3. The molecule has 2 rings (SSSR count). The van der Waals surface area contributed by atoms with Gasteiger partial charge in [0.2, 0.25) is 12.3 Å². The van der Waals surface area contributed by atoms with Crippen LogP contribution in [-0.4, -0.2) is 45.4 Å². The Balaban J connectivity index is 2.25. The molecule has 1 aromatic rings. The number of methoxy groups -OCH3 is 3. The van der Waals surface area contributed by atoms with E-state index in [2.05, 4.69) is 0 Å². The van der Waals surface area contributed by atoms with Crippen molar-refractivity contribution >= 4 is 0 Å². The van der Waals surface area contributed by atoms with Crippen LogP contribution in [0.4, 0.5) is 0 Å². The maximum Gasteiger partial charge on any atom is 0.210 e. The number of benzene rings is 1. The first-order valence-corrected chi connectivity index (χ1v) is 7.71. The van der Waals surface area contributed by atoms with E-state index in [1.165, 1.54) is 21.3 Å². The van der Waals surface area contributed by atoms with Crippen LogP contribution in [0.3, 0.4) is 0 Å². The largest absolute Gasteiger partial charge is 0.493 e. The van der Waals surface area contributed by atoms with Crippen LogP contribution in [0.15, 0.2) is 12.1 Å². The van der Waals surface area contributed by atoms with E-state index in [0.717, 1.165) is 0 Å². The van der Waals surface area contributed by atoms with Crippen molar-refractivity contribution in [3.8, 4) is 17.2 Å². The summed E-state index contributed by atoms with van der Waals surface area (Å²) in [6.07, 6.45) is 0.588. The molecule has 1 aromatic carbocycles. The smallest absolute Gasteiger partial charge is 0.210 e. The van der Waals surface area contributed by atoms with Crippen LogP contribution in [0, 0.1) is 10.1 Å². The van der Waals surface area contributed by atoms with Crippen molar-refractivity contribution in [3.63, 3.8) is 0 Å². The van der Waals surface area contributed by atoms with Gasteiger partial charge in [-0.1, -0.05) is 6.07 Å². The molecular formula is C16H23NO7. The molecule has 1 saturated heterocycles. The predicted molar refractivity (Wildman–Crippen MR) is 85.4 cm³/mol. The monoisotopic (exact) mass is 341 g/mol. The summed E-state index contributed by atoms with van der Waals surface area (Å²) in [5, 5.41) is 11.1. The molecule has 8 heteroatoms. The van der Waals surface area contributed by atoms with Gasteiger partial charge < -0.3 is 23.7 Å². The summed E-state index contributed by atoms with van der Waals surface area (Å²) in [7, 11) is 4.53. The molecule has 0 radical (unpaired) electrons. The average Bonchev–Trinajstić information content (AvgIpc) is 2.54. The minimum Gasteiger partial charge on any atom is -0.493 e. The maximum atomic E-state index is 11.1. The van der Waals surface area contributed by atoms with Gasteiger partial charge in [0.15, 0.2) is 24.1 Å². The Hall–Kier alpha value is -2.06. The van der Waals surface area contributed by atoms with Gasteiger partial charge in [0.1, 0.15) is 0 Å². The molecule has 1 unspecified atom stereocenters. The molecular weight excluding hydrogens is 318 g/mol. The SMILES string of the molecule is COc1ccc(C(CCC2OC(C)O2)C[N+](=O)[O-])c(OC)c1OC. The van der Waals surface area contributed by atoms with Gasteiger partial charge in [-0.15, -0.1) is 0 Å². The summed E-state index contributed by atoms with van der Waals surface area (Å²) < 4.78 is 26.9. The zero-order valence-corrected chi connectivity index (χ0v) is 14.3. The van der Waals surface area contributed by atoms with Gasteiger partial charge in [-0.05, 0) is 25.8 Å². The molecule has 0 spiro atoms. The normalized spacial score (nSPS) is 20.8. The highest BCUT2D eigenvalue weighted by Gasteiger charge is 2.31. The van der Waals surface area contributed by atoms with Crippen molar-refractivity contribution in [1.82, 2.24) is 0 Å². The highest BCUT2D eigenvalue weighted by molar-refractivity contribution is 5.56. The Morgan fingerprint density at radius 3 is 2.33 bits per heavy atom. The topological polar surface area (TPSA) is 89.3 Å². The van der Waals surface area contributed by atoms with Crippen LogP contribution in [-0.2, 0) is 9.47 Å². The van der Waals surface area contributed by atoms with Crippen LogP contribution in [0.1, 0.15) is 31.2 Å². The van der Waals surface area contributed by atoms with Crippen LogP contribution in [0.5, 0.6) is 17.2 Å². The van der Waals surface area contributed by atoms with Gasteiger partial charge in [-0.25, -0.2) is 0 Å². The van der Waals surface area contributed by atoms with E-state index in [9.17, 15) is 10.1 Å². The number of nitrogens with zero attached hydrogens (tertiary/aromatic N) is 1. The lowest BCUT2D eigenvalue weighted by Gasteiger charge is -2.34. The number of hydrogen-bond acceptors (Lipinski definition) is 7. The highest BCUT2D eigenvalue weighted by Crippen LogP contribution is 2.44. The molecule has 134 valence electrons. The predicted octanol–water partition coefficient (Wildman–Crippen LogP) is 2.57. The fourth-order valence-corrected chi connectivity index (χ4v) is 2.88. The number of hydrogen-bond donors (Lipinski definition) is 0. The molecule has 1 fully saturated rings. The summed E-state index contributed by atoms with van der Waals surface area (Å²) in [4.78, 5) is 10.8. The van der Waals surface area contributed by atoms with E-state index in [1.807, 2.05) is 6.92 Å². The van der Waals surface area contributed by atoms with Gasteiger partial charge in [0.05, 0.1) is 27.2 Å². The fourth-order valence-electron chi connectivity index (χ4n) is 2.88. The Labute approximate surface area is 140 Å². The van der Waals surface area contributed by atoms with Gasteiger partial charge in [-0.3, -0.25) is 10.1 Å². The number of rotatable bonds is 9. The van der Waals surface area contributed by atoms with Gasteiger partial charge in [0, 0.05) is 10.5 Å². The molecule has 0 amide bonds. The first kappa shape index (κ1) is 18.3. The molecule has 1 atom stereocenters. The Bertz CT molecular complexity index is 572. The summed E-state index contributed by atoms with van der Waals surface area (Å²) in [5.74, 6) is 1.04. The van der Waals surface area contributed by atoms with Gasteiger partial charge >= 0.3 is 0 Å². The molecule has 8 nitrogen and oxygen atoms in total. The molecule has 0 saturated carbocycles. The van der Waals surface area contributed by atoms with Crippen LogP contribution >= 0.6 is 0 Å². The Kier molecular flexibility index (Phi) is 6.22. The van der Waals surface area contributed by atoms with E-state index in [0.29, 0.717) is 35.7 Å². The van der Waals surface area contributed by atoms with Crippen molar-refractivity contribution in [2.75, 3.05) is 27.9 Å². The second kappa shape index (κ2) is 8.16. The van der Waals surface area contributed by atoms with Crippen molar-refractivity contribution in [2.24, 2.45) is 0 Å². The minimum absolute atomic E-state index is 0.209. The second-order valence-electron chi connectivity index (χ2n) is 5.48. The summed E-state index contributed by atoms with van der Waals surface area (Å²) in [6.45, 7) is 1.59. The molecule has 1 aliphatic heterocycles. The lowest BCUT2D eigenvalue weighted by Crippen LogP contribution is -2.38. The van der Waals surface area contributed by atoms with E-state index >= 15 is 0 Å². The van der Waals surface area contributed by atoms with Crippen LogP contribution < -0.4 is 14.2 Å². The summed E-state index contributed by atoms with van der Waals surface area (Å²) >= 11 is 0. The molecule has 0 aromatic heterocycles. The Morgan fingerprint density at radius 1 is 1.17 bits per heavy atom. The second-order valence-corrected chi connectivity index (χ2v) is 5.48. The van der Waals surface area contributed by atoms with Gasteiger partial charge in [-0.2, -0.15) is 0 Å². The zero-order valence-electron chi connectivity index (χ0n) is 14.3. The Morgan fingerprint density at radius 2 is 1.83 bits per heavy atom. The molecule has 0 aliphatic carbocycles. The molecule has 0 N–H and O–H groups in total. The van der Waals surface area contributed by atoms with Crippen molar-refractivity contribution < 1.29 is 28.6 Å². The summed E-state index contributed by atoms with van der Waals surface area (Å²) in [6, 6.07) is 3.50. The third-order valence-electron chi connectivity index (χ3n) is 3.98. The number of ether oxygens (including phenoxy) is 5. The average molecular weight is 341 g/mol. The third-order valence-corrected chi connectivity index (χ3v) is 3.98. The van der Waals surface area contributed by atoms with Crippen molar-refractivity contribution in [2.45, 2.75) is 38.3 Å². The molecule has 1 aliphatic rings. The summed E-state index contributed by atoms with van der Waals surface area (Å²) in [5.41, 5.74) is 0.708. The van der Waals surface area contributed by atoms with E-state index < -0.39 is 0 Å². The highest BCUT2D eigenvalue weighted by atomic mass is 16.9. The minimum atomic E-state index is -0.349. The molecule has 0 bridgehead atoms. The van der Waals surface area contributed by atoms with Crippen LogP contribution in [0.25, 0.3) is 0 Å². The van der Waals surface area contributed by atoms with E-state index in [1.54, 1.807) is 12.1 Å². The number of nitro groups is 1. The van der Waals surface area contributed by atoms with Crippen LogP contribution in [0.2, 0.25) is 0 Å². The van der Waals surface area contributed by atoms with E-state index in [-0.39, 0.29) is 30.0 Å². The third kappa shape index (κ3) is 4.07.